The van der Waals surface area contributed by atoms with Crippen LogP contribution in [0.25, 0.3) is 0 Å². The average molecular weight is 237 g/mol. The molecule has 1 saturated carbocycles. The smallest absolute Gasteiger partial charge is 0.0338 e. The predicted molar refractivity (Wildman–Crippen MR) is 71.0 cm³/mol. The van der Waals surface area contributed by atoms with E-state index in [9.17, 15) is 0 Å². The molecule has 0 N–H and O–H groups in total. The van der Waals surface area contributed by atoms with Crippen molar-refractivity contribution >= 4 is 11.6 Å². The van der Waals surface area contributed by atoms with Gasteiger partial charge in [-0.3, -0.25) is 0 Å². The molecule has 1 aromatic carbocycles. The lowest BCUT2D eigenvalue weighted by molar-refractivity contribution is 0.430. The molecule has 1 aliphatic rings. The van der Waals surface area contributed by atoms with Gasteiger partial charge in [0.2, 0.25) is 0 Å². The van der Waals surface area contributed by atoms with Crippen molar-refractivity contribution in [1.29, 1.82) is 0 Å². The number of alkyl halides is 1. The van der Waals surface area contributed by atoms with Gasteiger partial charge in [-0.1, -0.05) is 49.6 Å². The van der Waals surface area contributed by atoms with Crippen LogP contribution < -0.4 is 0 Å². The second kappa shape index (κ2) is 6.30. The maximum atomic E-state index is 6.30. The molecule has 0 spiro atoms. The van der Waals surface area contributed by atoms with Crippen LogP contribution in [0.2, 0.25) is 0 Å². The summed E-state index contributed by atoms with van der Waals surface area (Å²) in [5.41, 5.74) is 1.47. The molecule has 2 atom stereocenters. The van der Waals surface area contributed by atoms with Crippen molar-refractivity contribution in [3.63, 3.8) is 0 Å². The number of hydrogen-bond acceptors (Lipinski definition) is 0. The maximum absolute atomic E-state index is 6.30. The summed E-state index contributed by atoms with van der Waals surface area (Å²) in [6.07, 6.45) is 9.08. The summed E-state index contributed by atoms with van der Waals surface area (Å²) in [5, 5.41) is 0.434. The molecule has 16 heavy (non-hydrogen) atoms. The van der Waals surface area contributed by atoms with Gasteiger partial charge in [0, 0.05) is 5.38 Å². The van der Waals surface area contributed by atoms with E-state index in [1.165, 1.54) is 50.5 Å². The van der Waals surface area contributed by atoms with Crippen molar-refractivity contribution in [1.82, 2.24) is 0 Å². The standard InChI is InChI=1S/C15H21Cl/c16-15-9-5-4-8-14(12-15)11-10-13-6-2-1-3-7-13/h1-3,6-7,14-15H,4-5,8-12H2. The van der Waals surface area contributed by atoms with Crippen LogP contribution in [0.15, 0.2) is 30.3 Å². The summed E-state index contributed by atoms with van der Waals surface area (Å²) < 4.78 is 0. The Morgan fingerprint density at radius 1 is 1.06 bits per heavy atom. The minimum atomic E-state index is 0.434. The Balaban J connectivity index is 1.80. The van der Waals surface area contributed by atoms with E-state index in [1.807, 2.05) is 0 Å². The summed E-state index contributed by atoms with van der Waals surface area (Å²) in [5.74, 6) is 0.852. The maximum Gasteiger partial charge on any atom is 0.0338 e. The highest BCUT2D eigenvalue weighted by Gasteiger charge is 2.18. The minimum absolute atomic E-state index is 0.434. The van der Waals surface area contributed by atoms with Crippen molar-refractivity contribution in [2.75, 3.05) is 0 Å². The summed E-state index contributed by atoms with van der Waals surface area (Å²) in [6.45, 7) is 0. The van der Waals surface area contributed by atoms with Crippen molar-refractivity contribution in [2.24, 2.45) is 5.92 Å². The third-order valence-electron chi connectivity index (χ3n) is 3.65. The number of benzene rings is 1. The van der Waals surface area contributed by atoms with E-state index in [4.69, 9.17) is 11.6 Å². The molecular weight excluding hydrogens is 216 g/mol. The molecule has 0 nitrogen and oxygen atoms in total. The molecule has 1 fully saturated rings. The largest absolute Gasteiger partial charge is 0.123 e. The first-order chi connectivity index (χ1) is 7.84. The molecule has 1 heteroatoms. The molecule has 88 valence electrons. The van der Waals surface area contributed by atoms with Gasteiger partial charge in [0.15, 0.2) is 0 Å². The summed E-state index contributed by atoms with van der Waals surface area (Å²) in [6, 6.07) is 10.8. The Labute approximate surface area is 104 Å². The topological polar surface area (TPSA) is 0 Å². The van der Waals surface area contributed by atoms with Crippen LogP contribution in [0.4, 0.5) is 0 Å². The van der Waals surface area contributed by atoms with Gasteiger partial charge in [-0.25, -0.2) is 0 Å². The summed E-state index contributed by atoms with van der Waals surface area (Å²) in [7, 11) is 0. The third-order valence-corrected chi connectivity index (χ3v) is 4.05. The van der Waals surface area contributed by atoms with Crippen molar-refractivity contribution in [3.05, 3.63) is 35.9 Å². The van der Waals surface area contributed by atoms with Gasteiger partial charge in [0.05, 0.1) is 0 Å². The molecule has 2 unspecified atom stereocenters. The average Bonchev–Trinajstić information content (AvgIpc) is 2.52. The van der Waals surface area contributed by atoms with Gasteiger partial charge in [-0.2, -0.15) is 0 Å². The highest BCUT2D eigenvalue weighted by atomic mass is 35.5. The Hall–Kier alpha value is -0.490. The first-order valence-electron chi connectivity index (χ1n) is 6.52. The zero-order valence-corrected chi connectivity index (χ0v) is 10.6. The lowest BCUT2D eigenvalue weighted by Crippen LogP contribution is -2.06. The zero-order chi connectivity index (χ0) is 11.2. The first kappa shape index (κ1) is 12.0. The molecule has 1 aliphatic carbocycles. The first-order valence-corrected chi connectivity index (χ1v) is 6.96. The van der Waals surface area contributed by atoms with Crippen molar-refractivity contribution < 1.29 is 0 Å². The lowest BCUT2D eigenvalue weighted by Gasteiger charge is -2.15. The Morgan fingerprint density at radius 2 is 1.81 bits per heavy atom. The van der Waals surface area contributed by atoms with E-state index in [2.05, 4.69) is 30.3 Å². The van der Waals surface area contributed by atoms with Crippen LogP contribution in [0.5, 0.6) is 0 Å². The van der Waals surface area contributed by atoms with Crippen LogP contribution in [0.1, 0.15) is 44.1 Å². The number of aryl methyl sites for hydroxylation is 1. The van der Waals surface area contributed by atoms with E-state index >= 15 is 0 Å². The van der Waals surface area contributed by atoms with Crippen LogP contribution in [-0.2, 0) is 6.42 Å². The molecule has 1 aromatic rings. The fourth-order valence-corrected chi connectivity index (χ4v) is 3.08. The number of hydrogen-bond donors (Lipinski definition) is 0. The van der Waals surface area contributed by atoms with Crippen molar-refractivity contribution in [3.8, 4) is 0 Å². The third kappa shape index (κ3) is 3.83. The van der Waals surface area contributed by atoms with Crippen LogP contribution >= 0.6 is 11.6 Å². The fourth-order valence-electron chi connectivity index (χ4n) is 2.67. The fraction of sp³-hybridized carbons (Fsp3) is 0.600. The van der Waals surface area contributed by atoms with Gasteiger partial charge >= 0.3 is 0 Å². The summed E-state index contributed by atoms with van der Waals surface area (Å²) >= 11 is 6.30. The molecule has 0 saturated heterocycles. The Bertz CT molecular complexity index is 294. The SMILES string of the molecule is ClC1CCCCC(CCc2ccccc2)C1. The minimum Gasteiger partial charge on any atom is -0.123 e. The highest BCUT2D eigenvalue weighted by Crippen LogP contribution is 2.29. The Kier molecular flexibility index (Phi) is 4.71. The van der Waals surface area contributed by atoms with Crippen molar-refractivity contribution in [2.45, 2.75) is 50.3 Å². The zero-order valence-electron chi connectivity index (χ0n) is 9.87. The molecule has 0 aromatic heterocycles. The molecule has 0 amide bonds. The van der Waals surface area contributed by atoms with Gasteiger partial charge in [-0.05, 0) is 37.2 Å². The van der Waals surface area contributed by atoms with Crippen LogP contribution in [0, 0.1) is 5.92 Å². The lowest BCUT2D eigenvalue weighted by atomic mass is 9.93. The monoisotopic (exact) mass is 236 g/mol. The second-order valence-electron chi connectivity index (χ2n) is 5.01. The Morgan fingerprint density at radius 3 is 2.62 bits per heavy atom. The van der Waals surface area contributed by atoms with E-state index < -0.39 is 0 Å². The van der Waals surface area contributed by atoms with Crippen LogP contribution in [0.3, 0.4) is 0 Å². The number of halogens is 1. The molecule has 0 bridgehead atoms. The normalized spacial score (nSPS) is 26.3. The van der Waals surface area contributed by atoms with E-state index in [0.29, 0.717) is 5.38 Å². The van der Waals surface area contributed by atoms with Gasteiger partial charge in [0.1, 0.15) is 0 Å². The predicted octanol–water partition coefficient (Wildman–Crippen LogP) is 4.81. The van der Waals surface area contributed by atoms with E-state index in [-0.39, 0.29) is 0 Å². The van der Waals surface area contributed by atoms with Gasteiger partial charge in [0.25, 0.3) is 0 Å². The highest BCUT2D eigenvalue weighted by molar-refractivity contribution is 6.20. The van der Waals surface area contributed by atoms with Gasteiger partial charge < -0.3 is 0 Å². The molecule has 2 rings (SSSR count). The van der Waals surface area contributed by atoms with Crippen LogP contribution in [-0.4, -0.2) is 5.38 Å². The molecular formula is C15H21Cl. The molecule has 0 heterocycles. The second-order valence-corrected chi connectivity index (χ2v) is 5.62. The molecule has 0 radical (unpaired) electrons. The van der Waals surface area contributed by atoms with E-state index in [0.717, 1.165) is 5.92 Å². The number of rotatable bonds is 3. The van der Waals surface area contributed by atoms with Gasteiger partial charge in [-0.15, -0.1) is 11.6 Å². The summed E-state index contributed by atoms with van der Waals surface area (Å²) in [4.78, 5) is 0. The molecule has 0 aliphatic heterocycles. The quantitative estimate of drug-likeness (QED) is 0.522. The van der Waals surface area contributed by atoms with E-state index in [1.54, 1.807) is 0 Å².